The molecule has 2 aromatic heterocycles. The topological polar surface area (TPSA) is 58.9 Å². The molecule has 14 rings (SSSR count). The first-order valence-electron chi connectivity index (χ1n) is 24.4. The van der Waals surface area contributed by atoms with Gasteiger partial charge in [-0.25, -0.2) is 15.0 Å². The third kappa shape index (κ3) is 7.16. The van der Waals surface area contributed by atoms with Gasteiger partial charge in [-0.15, -0.1) is 0 Å². The summed E-state index contributed by atoms with van der Waals surface area (Å²) in [6, 6.07) is 90.6. The normalized spacial score (nSPS) is 13.2. The summed E-state index contributed by atoms with van der Waals surface area (Å²) in [7, 11) is 0. The number of imidazole rings is 1. The molecule has 1 aliphatic heterocycles. The Bertz CT molecular complexity index is 4190. The van der Waals surface area contributed by atoms with E-state index in [1.165, 1.54) is 27.1 Å². The van der Waals surface area contributed by atoms with Crippen molar-refractivity contribution in [2.45, 2.75) is 6.17 Å². The molecule has 6 nitrogen and oxygen atoms in total. The van der Waals surface area contributed by atoms with Crippen molar-refractivity contribution in [3.8, 4) is 62.0 Å². The van der Waals surface area contributed by atoms with E-state index in [0.717, 1.165) is 95.1 Å². The number of anilines is 3. The van der Waals surface area contributed by atoms with E-state index in [2.05, 4.69) is 257 Å². The van der Waals surface area contributed by atoms with Gasteiger partial charge in [0.2, 0.25) is 0 Å². The third-order valence-corrected chi connectivity index (χ3v) is 14.1. The van der Waals surface area contributed by atoms with Crippen LogP contribution in [-0.4, -0.2) is 19.5 Å². The highest BCUT2D eigenvalue weighted by molar-refractivity contribution is 6.07. The molecule has 0 spiro atoms. The molecular weight excluding hydrogens is 877 g/mol. The average molecular weight is 921 g/mol. The van der Waals surface area contributed by atoms with Crippen molar-refractivity contribution < 1.29 is 0 Å². The van der Waals surface area contributed by atoms with Gasteiger partial charge >= 0.3 is 0 Å². The fourth-order valence-corrected chi connectivity index (χ4v) is 10.6. The first-order valence-corrected chi connectivity index (χ1v) is 24.4. The Morgan fingerprint density at radius 3 is 1.71 bits per heavy atom. The molecule has 72 heavy (non-hydrogen) atoms. The minimum atomic E-state index is -0.112. The third-order valence-electron chi connectivity index (χ3n) is 14.1. The zero-order valence-corrected chi connectivity index (χ0v) is 39.1. The maximum atomic E-state index is 5.66. The smallest absolute Gasteiger partial charge is 0.160 e. The second-order valence-electron chi connectivity index (χ2n) is 18.5. The lowest BCUT2D eigenvalue weighted by molar-refractivity contribution is 0.828. The molecule has 1 N–H and O–H groups in total. The molecule has 0 saturated carbocycles. The van der Waals surface area contributed by atoms with Crippen molar-refractivity contribution in [2.75, 3.05) is 10.2 Å². The van der Waals surface area contributed by atoms with Gasteiger partial charge in [0.1, 0.15) is 12.0 Å². The molecule has 0 bridgehead atoms. The standard InChI is InChI=1S/C66H44N6/c1-5-19-45(20-6-1)65-67-58-41-51(33-35-60(58)71(65)54-25-9-3-10-26-54)62-57-40-53(49-31-29-43-17-13-15-23-47(43)37-49)39-56(50-32-30-44-18-14-16-24-48(44)38-50)63(57)70-64(69-62)52-34-36-61-59(42-52)68-66(46-21-7-2-8-22-46)72(61)55-27-11-4-12-28-55/h1-42,65,67H. The quantitative estimate of drug-likeness (QED) is 0.165. The number of nitrogens with zero attached hydrogens (tertiary/aromatic N) is 5. The number of fused-ring (bicyclic) bond motifs is 5. The molecule has 1 aliphatic rings. The maximum Gasteiger partial charge on any atom is 0.160 e. The Kier molecular flexibility index (Phi) is 9.81. The van der Waals surface area contributed by atoms with E-state index < -0.39 is 0 Å². The van der Waals surface area contributed by atoms with Crippen molar-refractivity contribution in [2.24, 2.45) is 0 Å². The van der Waals surface area contributed by atoms with Crippen molar-refractivity contribution in [3.05, 3.63) is 260 Å². The molecule has 338 valence electrons. The van der Waals surface area contributed by atoms with E-state index in [-0.39, 0.29) is 6.17 Å². The van der Waals surface area contributed by atoms with Crippen molar-refractivity contribution in [3.63, 3.8) is 0 Å². The van der Waals surface area contributed by atoms with Crippen LogP contribution in [0, 0.1) is 0 Å². The lowest BCUT2D eigenvalue weighted by atomic mass is 9.92. The fourth-order valence-electron chi connectivity index (χ4n) is 10.6. The van der Waals surface area contributed by atoms with Crippen LogP contribution in [-0.2, 0) is 0 Å². The number of hydrogen-bond acceptors (Lipinski definition) is 5. The molecule has 0 amide bonds. The zero-order valence-electron chi connectivity index (χ0n) is 39.1. The largest absolute Gasteiger partial charge is 0.359 e. The van der Waals surface area contributed by atoms with E-state index in [0.29, 0.717) is 5.82 Å². The van der Waals surface area contributed by atoms with Crippen LogP contribution in [0.4, 0.5) is 17.1 Å². The number of hydrogen-bond donors (Lipinski definition) is 1. The van der Waals surface area contributed by atoms with Gasteiger partial charge < -0.3 is 10.2 Å². The van der Waals surface area contributed by atoms with Crippen molar-refractivity contribution in [1.29, 1.82) is 0 Å². The van der Waals surface area contributed by atoms with E-state index in [1.54, 1.807) is 0 Å². The first-order chi connectivity index (χ1) is 35.7. The average Bonchev–Trinajstić information content (AvgIpc) is 4.04. The predicted molar refractivity (Wildman–Crippen MR) is 298 cm³/mol. The second-order valence-corrected chi connectivity index (χ2v) is 18.5. The maximum absolute atomic E-state index is 5.66. The number of nitrogens with one attached hydrogen (secondary N) is 1. The molecule has 0 saturated heterocycles. The number of rotatable bonds is 8. The van der Waals surface area contributed by atoms with Gasteiger partial charge in [-0.3, -0.25) is 4.57 Å². The van der Waals surface area contributed by atoms with Crippen LogP contribution in [0.1, 0.15) is 11.7 Å². The van der Waals surface area contributed by atoms with Crippen LogP contribution in [0.3, 0.4) is 0 Å². The van der Waals surface area contributed by atoms with Gasteiger partial charge in [0.05, 0.1) is 33.6 Å². The summed E-state index contributed by atoms with van der Waals surface area (Å²) in [5.74, 6) is 1.50. The Balaban J connectivity index is 1.02. The molecule has 0 radical (unpaired) electrons. The Morgan fingerprint density at radius 1 is 0.389 bits per heavy atom. The van der Waals surface area contributed by atoms with Crippen molar-refractivity contribution >= 4 is 60.5 Å². The second kappa shape index (κ2) is 17.1. The highest BCUT2D eigenvalue weighted by Crippen LogP contribution is 2.48. The summed E-state index contributed by atoms with van der Waals surface area (Å²) in [5.41, 5.74) is 16.3. The lowest BCUT2D eigenvalue weighted by Crippen LogP contribution is -2.23. The molecule has 0 aliphatic carbocycles. The Hall–Kier alpha value is -9.65. The van der Waals surface area contributed by atoms with E-state index in [4.69, 9.17) is 15.0 Å². The molecule has 13 aromatic rings. The predicted octanol–water partition coefficient (Wildman–Crippen LogP) is 16.9. The summed E-state index contributed by atoms with van der Waals surface area (Å²) < 4.78 is 2.24. The number of benzene rings is 11. The molecule has 6 heteroatoms. The zero-order chi connectivity index (χ0) is 47.5. The molecule has 0 fully saturated rings. The van der Waals surface area contributed by atoms with Gasteiger partial charge in [-0.2, -0.15) is 0 Å². The molecule has 1 unspecified atom stereocenters. The van der Waals surface area contributed by atoms with Crippen LogP contribution in [0.15, 0.2) is 255 Å². The lowest BCUT2D eigenvalue weighted by Gasteiger charge is -2.27. The van der Waals surface area contributed by atoms with Crippen molar-refractivity contribution in [1.82, 2.24) is 19.5 Å². The van der Waals surface area contributed by atoms with Crippen LogP contribution in [0.5, 0.6) is 0 Å². The highest BCUT2D eigenvalue weighted by Gasteiger charge is 2.32. The summed E-state index contributed by atoms with van der Waals surface area (Å²) in [5, 5.41) is 9.66. The number of para-hydroxylation sites is 2. The van der Waals surface area contributed by atoms with E-state index in [1.807, 2.05) is 12.1 Å². The Morgan fingerprint density at radius 2 is 0.986 bits per heavy atom. The minimum Gasteiger partial charge on any atom is -0.359 e. The molecular formula is C66H44N6. The van der Waals surface area contributed by atoms with Gasteiger partial charge in [-0.1, -0.05) is 176 Å². The van der Waals surface area contributed by atoms with Gasteiger partial charge in [0, 0.05) is 39.0 Å². The molecule has 11 aromatic carbocycles. The van der Waals surface area contributed by atoms with Crippen LogP contribution < -0.4 is 10.2 Å². The fraction of sp³-hybridized carbons (Fsp3) is 0.0152. The van der Waals surface area contributed by atoms with Gasteiger partial charge in [0.25, 0.3) is 0 Å². The highest BCUT2D eigenvalue weighted by atomic mass is 15.3. The first kappa shape index (κ1) is 41.3. The summed E-state index contributed by atoms with van der Waals surface area (Å²) in [6.45, 7) is 0. The van der Waals surface area contributed by atoms with E-state index >= 15 is 0 Å². The van der Waals surface area contributed by atoms with Gasteiger partial charge in [0.15, 0.2) is 5.82 Å². The molecule has 1 atom stereocenters. The van der Waals surface area contributed by atoms with Crippen LogP contribution in [0.2, 0.25) is 0 Å². The molecule has 3 heterocycles. The van der Waals surface area contributed by atoms with Gasteiger partial charge in [-0.05, 0) is 123 Å². The van der Waals surface area contributed by atoms with E-state index in [9.17, 15) is 0 Å². The number of aromatic nitrogens is 4. The van der Waals surface area contributed by atoms with Crippen LogP contribution >= 0.6 is 0 Å². The summed E-state index contributed by atoms with van der Waals surface area (Å²) in [4.78, 5) is 19.0. The monoisotopic (exact) mass is 920 g/mol. The summed E-state index contributed by atoms with van der Waals surface area (Å²) in [6.07, 6.45) is -0.112. The van der Waals surface area contributed by atoms with Crippen LogP contribution in [0.25, 0.3) is 105 Å². The Labute approximate surface area is 416 Å². The minimum absolute atomic E-state index is 0.112. The SMILES string of the molecule is c1ccc(-c2nc3cc(-c4nc(-c5ccc6c(c5)NC(c5ccccc5)N6c5ccccc5)c5cc(-c6ccc7ccccc7c6)cc(-c6ccc7ccccc7c6)c5n4)ccc3n2-c2ccccc2)cc1. The summed E-state index contributed by atoms with van der Waals surface area (Å²) >= 11 is 0.